The van der Waals surface area contributed by atoms with Crippen LogP contribution in [0.1, 0.15) is 40.4 Å². The molecular weight excluding hydrogens is 302 g/mol. The molecule has 0 amide bonds. The predicted molar refractivity (Wildman–Crippen MR) is 91.0 cm³/mol. The third-order valence-electron chi connectivity index (χ3n) is 4.95. The van der Waals surface area contributed by atoms with Crippen molar-refractivity contribution in [2.45, 2.75) is 25.4 Å². The van der Waals surface area contributed by atoms with Crippen LogP contribution in [0, 0.1) is 5.92 Å². The molecule has 122 valence electrons. The molecule has 0 aromatic heterocycles. The van der Waals surface area contributed by atoms with Crippen LogP contribution in [-0.4, -0.2) is 18.8 Å². The average molecular weight is 321 g/mol. The fourth-order valence-corrected chi connectivity index (χ4v) is 3.46. The number of benzene rings is 2. The maximum absolute atomic E-state index is 11.7. The van der Waals surface area contributed by atoms with Gasteiger partial charge in [-0.3, -0.25) is 0 Å². The Hall–Kier alpha value is -2.62. The first kappa shape index (κ1) is 14.9. The molecule has 1 saturated carbocycles. The zero-order valence-corrected chi connectivity index (χ0v) is 13.8. The van der Waals surface area contributed by atoms with E-state index in [2.05, 4.69) is 36.3 Å². The maximum atomic E-state index is 11.7. The van der Waals surface area contributed by atoms with Crippen molar-refractivity contribution in [3.63, 3.8) is 0 Å². The fraction of sp³-hybridized carbons (Fsp3) is 0.300. The van der Waals surface area contributed by atoms with E-state index in [9.17, 15) is 4.79 Å². The van der Waals surface area contributed by atoms with Gasteiger partial charge in [0.1, 0.15) is 0 Å². The zero-order valence-electron chi connectivity index (χ0n) is 13.8. The normalized spacial score (nSPS) is 23.9. The predicted octanol–water partition coefficient (Wildman–Crippen LogP) is 3.69. The number of ether oxygens (including phenoxy) is 1. The molecule has 0 spiro atoms. The number of esters is 1. The van der Waals surface area contributed by atoms with Gasteiger partial charge in [0.15, 0.2) is 5.60 Å². The highest BCUT2D eigenvalue weighted by molar-refractivity contribution is 6.07. The van der Waals surface area contributed by atoms with Gasteiger partial charge in [0, 0.05) is 12.0 Å². The van der Waals surface area contributed by atoms with Crippen molar-refractivity contribution < 1.29 is 14.4 Å². The molecule has 0 saturated heterocycles. The second-order valence-corrected chi connectivity index (χ2v) is 6.34. The van der Waals surface area contributed by atoms with E-state index in [4.69, 9.17) is 9.57 Å². The summed E-state index contributed by atoms with van der Waals surface area (Å²) in [4.78, 5) is 17.6. The Morgan fingerprint density at radius 3 is 2.88 bits per heavy atom. The van der Waals surface area contributed by atoms with E-state index in [-0.39, 0.29) is 17.5 Å². The maximum Gasteiger partial charge on any atom is 0.337 e. The molecule has 1 fully saturated rings. The zero-order chi connectivity index (χ0) is 16.7. The number of hydrogen-bond acceptors (Lipinski definition) is 4. The van der Waals surface area contributed by atoms with Crippen molar-refractivity contribution in [3.8, 4) is 0 Å². The molecule has 1 heterocycles. The molecule has 2 aliphatic rings. The molecule has 4 nitrogen and oxygen atoms in total. The summed E-state index contributed by atoms with van der Waals surface area (Å²) in [6.45, 7) is 2.15. The van der Waals surface area contributed by atoms with E-state index < -0.39 is 0 Å². The van der Waals surface area contributed by atoms with Crippen molar-refractivity contribution >= 4 is 11.7 Å². The summed E-state index contributed by atoms with van der Waals surface area (Å²) in [6, 6.07) is 15.9. The van der Waals surface area contributed by atoms with Crippen molar-refractivity contribution in [1.82, 2.24) is 0 Å². The summed E-state index contributed by atoms with van der Waals surface area (Å²) in [5.74, 6) is -0.0911. The molecule has 2 aromatic rings. The first-order valence-corrected chi connectivity index (χ1v) is 8.22. The molecule has 2 atom stereocenters. The lowest BCUT2D eigenvalue weighted by Crippen LogP contribution is -2.11. The van der Waals surface area contributed by atoms with Crippen molar-refractivity contribution in [2.75, 3.05) is 7.11 Å². The van der Waals surface area contributed by atoms with Crippen molar-refractivity contribution in [2.24, 2.45) is 11.1 Å². The molecular formula is C20H19NO3. The van der Waals surface area contributed by atoms with Crippen molar-refractivity contribution in [3.05, 3.63) is 70.8 Å². The van der Waals surface area contributed by atoms with Crippen LogP contribution in [0.4, 0.5) is 0 Å². The third-order valence-corrected chi connectivity index (χ3v) is 4.95. The number of rotatable bonds is 4. The topological polar surface area (TPSA) is 47.9 Å². The molecule has 0 radical (unpaired) electrons. The minimum absolute atomic E-state index is 0.248. The number of aryl methyl sites for hydroxylation is 1. The van der Waals surface area contributed by atoms with Crippen LogP contribution in [0.5, 0.6) is 0 Å². The van der Waals surface area contributed by atoms with Gasteiger partial charge < -0.3 is 9.57 Å². The average Bonchev–Trinajstić information content (AvgIpc) is 3.27. The molecule has 1 aliphatic heterocycles. The van der Waals surface area contributed by atoms with Crippen molar-refractivity contribution in [1.29, 1.82) is 0 Å². The van der Waals surface area contributed by atoms with Crippen LogP contribution in [-0.2, 0) is 21.6 Å². The number of carbonyl (C=O) groups is 1. The fourth-order valence-electron chi connectivity index (χ4n) is 3.46. The number of nitrogens with zero attached hydrogens (tertiary/aromatic N) is 1. The van der Waals surface area contributed by atoms with Gasteiger partial charge >= 0.3 is 5.97 Å². The van der Waals surface area contributed by atoms with E-state index >= 15 is 0 Å². The van der Waals surface area contributed by atoms with Gasteiger partial charge in [-0.05, 0) is 29.7 Å². The number of hydrogen-bond donors (Lipinski definition) is 0. The van der Waals surface area contributed by atoms with E-state index in [1.54, 1.807) is 6.07 Å². The smallest absolute Gasteiger partial charge is 0.337 e. The SMILES string of the molecule is CCc1cccc(C23CC2C(c2cccc(C(=O)OC)c2)=NO3)c1. The third kappa shape index (κ3) is 2.21. The number of oxime groups is 1. The molecule has 0 bridgehead atoms. The lowest BCUT2D eigenvalue weighted by atomic mass is 9.97. The second-order valence-electron chi connectivity index (χ2n) is 6.34. The van der Waals surface area contributed by atoms with Gasteiger partial charge in [0.05, 0.1) is 24.3 Å². The molecule has 0 N–H and O–H groups in total. The van der Waals surface area contributed by atoms with E-state index in [1.807, 2.05) is 18.2 Å². The first-order valence-electron chi connectivity index (χ1n) is 8.22. The van der Waals surface area contributed by atoms with Gasteiger partial charge in [0.25, 0.3) is 0 Å². The highest BCUT2D eigenvalue weighted by Gasteiger charge is 2.65. The Morgan fingerprint density at radius 2 is 2.12 bits per heavy atom. The van der Waals surface area contributed by atoms with Crippen LogP contribution in [0.15, 0.2) is 53.7 Å². The molecule has 2 aromatic carbocycles. The largest absolute Gasteiger partial charge is 0.465 e. The molecule has 24 heavy (non-hydrogen) atoms. The van der Waals surface area contributed by atoms with Crippen LogP contribution in [0.2, 0.25) is 0 Å². The highest BCUT2D eigenvalue weighted by atomic mass is 16.7. The number of carbonyl (C=O) groups excluding carboxylic acids is 1. The van der Waals surface area contributed by atoms with Gasteiger partial charge in [-0.15, -0.1) is 0 Å². The minimum atomic E-state index is -0.339. The molecule has 2 unspecified atom stereocenters. The standard InChI is InChI=1S/C20H19NO3/c1-3-13-6-4-9-16(10-13)20-12-17(20)18(21-24-20)14-7-5-8-15(11-14)19(22)23-2/h4-11,17H,3,12H2,1-2H3. The summed E-state index contributed by atoms with van der Waals surface area (Å²) >= 11 is 0. The summed E-state index contributed by atoms with van der Waals surface area (Å²) in [5.41, 5.74) is 4.55. The van der Waals surface area contributed by atoms with Gasteiger partial charge in [-0.1, -0.05) is 48.5 Å². The molecule has 4 rings (SSSR count). The van der Waals surface area contributed by atoms with Crippen LogP contribution >= 0.6 is 0 Å². The van der Waals surface area contributed by atoms with E-state index in [0.717, 1.165) is 24.1 Å². The second kappa shape index (κ2) is 5.48. The molecule has 4 heteroatoms. The Kier molecular flexibility index (Phi) is 3.41. The van der Waals surface area contributed by atoms with Gasteiger partial charge in [0.2, 0.25) is 0 Å². The van der Waals surface area contributed by atoms with Crippen LogP contribution < -0.4 is 0 Å². The lowest BCUT2D eigenvalue weighted by molar-refractivity contribution is 0.0448. The summed E-state index contributed by atoms with van der Waals surface area (Å²) in [7, 11) is 1.39. The number of methoxy groups -OCH3 is 1. The summed E-state index contributed by atoms with van der Waals surface area (Å²) in [5, 5.41) is 4.33. The van der Waals surface area contributed by atoms with Crippen LogP contribution in [0.3, 0.4) is 0 Å². The van der Waals surface area contributed by atoms with Gasteiger partial charge in [-0.2, -0.15) is 0 Å². The monoisotopic (exact) mass is 321 g/mol. The summed E-state index contributed by atoms with van der Waals surface area (Å²) < 4.78 is 4.80. The van der Waals surface area contributed by atoms with Crippen LogP contribution in [0.25, 0.3) is 0 Å². The van der Waals surface area contributed by atoms with Gasteiger partial charge in [-0.25, -0.2) is 4.79 Å². The Bertz CT molecular complexity index is 842. The Balaban J connectivity index is 1.62. The highest BCUT2D eigenvalue weighted by Crippen LogP contribution is 2.60. The Labute approximate surface area is 141 Å². The Morgan fingerprint density at radius 1 is 1.29 bits per heavy atom. The summed E-state index contributed by atoms with van der Waals surface area (Å²) in [6.07, 6.45) is 1.94. The minimum Gasteiger partial charge on any atom is -0.465 e. The molecule has 1 aliphatic carbocycles. The lowest BCUT2D eigenvalue weighted by Gasteiger charge is -2.12. The number of fused-ring (bicyclic) bond motifs is 1. The van der Waals surface area contributed by atoms with E-state index in [0.29, 0.717) is 5.56 Å². The van der Waals surface area contributed by atoms with E-state index in [1.165, 1.54) is 18.2 Å². The quantitative estimate of drug-likeness (QED) is 0.807. The first-order chi connectivity index (χ1) is 11.7.